The molecule has 1 aromatic carbocycles. The number of aryl methyl sites for hydroxylation is 1. The van der Waals surface area contributed by atoms with E-state index in [1.807, 2.05) is 6.07 Å². The lowest BCUT2D eigenvalue weighted by atomic mass is 9.73. The topological polar surface area (TPSA) is 80.8 Å². The van der Waals surface area contributed by atoms with Crippen LogP contribution in [0, 0.1) is 6.92 Å². The Morgan fingerprint density at radius 3 is 2.00 bits per heavy atom. The molecule has 0 fully saturated rings. The number of carbonyl (C=O) groups is 2. The van der Waals surface area contributed by atoms with Crippen molar-refractivity contribution in [2.45, 2.75) is 56.3 Å². The number of hydrogen-bond donors (Lipinski definition) is 0. The second kappa shape index (κ2) is 7.22. The van der Waals surface area contributed by atoms with Crippen LogP contribution in [0.3, 0.4) is 0 Å². The molecule has 0 N–H and O–H groups in total. The van der Waals surface area contributed by atoms with Gasteiger partial charge in [0.25, 0.3) is 0 Å². The predicted molar refractivity (Wildman–Crippen MR) is 108 cm³/mol. The molecule has 4 rings (SSSR count). The average molecular weight is 416 g/mol. The molecule has 29 heavy (non-hydrogen) atoms. The Kier molecular flexibility index (Phi) is 4.99. The van der Waals surface area contributed by atoms with Gasteiger partial charge in [0.1, 0.15) is 11.5 Å². The summed E-state index contributed by atoms with van der Waals surface area (Å²) in [7, 11) is -0.669. The zero-order valence-electron chi connectivity index (χ0n) is 16.9. The highest BCUT2D eigenvalue weighted by Gasteiger charge is 2.42. The lowest BCUT2D eigenvalue weighted by Crippen LogP contribution is -2.30. The zero-order valence-corrected chi connectivity index (χ0v) is 17.8. The van der Waals surface area contributed by atoms with Crippen LogP contribution in [0.2, 0.25) is 0 Å². The number of allylic oxidation sites excluding steroid dienone is 4. The van der Waals surface area contributed by atoms with Gasteiger partial charge in [-0.05, 0) is 37.0 Å². The van der Waals surface area contributed by atoms with Crippen molar-refractivity contribution >= 4 is 21.6 Å². The molecule has 0 unspecified atom stereocenters. The summed E-state index contributed by atoms with van der Waals surface area (Å²) in [6.45, 7) is 1.75. The first kappa shape index (κ1) is 20.0. The molecular formula is C22H25NO5S. The largest absolute Gasteiger partial charge is 0.465 e. The highest BCUT2D eigenvalue weighted by atomic mass is 32.2. The van der Waals surface area contributed by atoms with E-state index in [1.165, 1.54) is 18.4 Å². The van der Waals surface area contributed by atoms with Crippen LogP contribution in [0.1, 0.15) is 55.6 Å². The van der Waals surface area contributed by atoms with E-state index >= 15 is 0 Å². The van der Waals surface area contributed by atoms with E-state index in [-0.39, 0.29) is 16.5 Å². The highest BCUT2D eigenvalue weighted by Crippen LogP contribution is 2.48. The summed E-state index contributed by atoms with van der Waals surface area (Å²) in [4.78, 5) is 25.9. The third-order valence-corrected chi connectivity index (χ3v) is 7.90. The Morgan fingerprint density at radius 2 is 1.48 bits per heavy atom. The van der Waals surface area contributed by atoms with Gasteiger partial charge in [0.2, 0.25) is 10.0 Å². The van der Waals surface area contributed by atoms with Gasteiger partial charge >= 0.3 is 0 Å². The van der Waals surface area contributed by atoms with Crippen molar-refractivity contribution < 1.29 is 22.7 Å². The van der Waals surface area contributed by atoms with Crippen molar-refractivity contribution in [3.05, 3.63) is 52.0 Å². The van der Waals surface area contributed by atoms with Crippen molar-refractivity contribution in [3.63, 3.8) is 0 Å². The van der Waals surface area contributed by atoms with E-state index in [2.05, 4.69) is 0 Å². The molecule has 3 aliphatic rings. The Labute approximate surface area is 171 Å². The highest BCUT2D eigenvalue weighted by molar-refractivity contribution is 7.89. The van der Waals surface area contributed by atoms with Gasteiger partial charge in [-0.2, -0.15) is 0 Å². The first-order chi connectivity index (χ1) is 13.7. The van der Waals surface area contributed by atoms with E-state index in [9.17, 15) is 18.0 Å². The Morgan fingerprint density at radius 1 is 0.931 bits per heavy atom. The molecule has 0 bridgehead atoms. The molecular weight excluding hydrogens is 390 g/mol. The minimum absolute atomic E-state index is 0.0150. The maximum absolute atomic E-state index is 12.9. The monoisotopic (exact) mass is 415 g/mol. The summed E-state index contributed by atoms with van der Waals surface area (Å²) in [5.74, 6) is 0.721. The van der Waals surface area contributed by atoms with E-state index in [4.69, 9.17) is 4.74 Å². The van der Waals surface area contributed by atoms with Gasteiger partial charge in [-0.25, -0.2) is 12.7 Å². The Hall–Kier alpha value is -2.25. The quantitative estimate of drug-likeness (QED) is 0.756. The molecule has 154 valence electrons. The van der Waals surface area contributed by atoms with Crippen molar-refractivity contribution in [2.75, 3.05) is 14.1 Å². The number of carbonyl (C=O) groups excluding carboxylic acids is 2. The Balaban J connectivity index is 1.94. The molecule has 2 aliphatic carbocycles. The van der Waals surface area contributed by atoms with Crippen LogP contribution in [0.5, 0.6) is 0 Å². The number of ether oxygens (including phenoxy) is 1. The predicted octanol–water partition coefficient (Wildman–Crippen LogP) is 3.37. The van der Waals surface area contributed by atoms with Gasteiger partial charge in [0, 0.05) is 56.8 Å². The summed E-state index contributed by atoms with van der Waals surface area (Å²) in [6, 6.07) is 5.21. The van der Waals surface area contributed by atoms with Gasteiger partial charge in [0.15, 0.2) is 11.6 Å². The molecule has 0 spiro atoms. The summed E-state index contributed by atoms with van der Waals surface area (Å²) in [6.07, 6.45) is 3.63. The van der Waals surface area contributed by atoms with Crippen LogP contribution in [0.4, 0.5) is 0 Å². The maximum Gasteiger partial charge on any atom is 0.242 e. The third-order valence-electron chi connectivity index (χ3n) is 5.94. The summed E-state index contributed by atoms with van der Waals surface area (Å²) < 4.78 is 32.9. The first-order valence-corrected chi connectivity index (χ1v) is 11.4. The van der Waals surface area contributed by atoms with Gasteiger partial charge in [0.05, 0.1) is 4.90 Å². The third kappa shape index (κ3) is 3.26. The maximum atomic E-state index is 12.9. The van der Waals surface area contributed by atoms with E-state index < -0.39 is 15.9 Å². The molecule has 0 saturated heterocycles. The fourth-order valence-corrected chi connectivity index (χ4v) is 5.58. The molecule has 7 heteroatoms. The van der Waals surface area contributed by atoms with Crippen LogP contribution < -0.4 is 0 Å². The molecule has 6 nitrogen and oxygen atoms in total. The molecule has 1 heterocycles. The first-order valence-electron chi connectivity index (χ1n) is 9.95. The number of Topliss-reactive ketones (excluding diaryl/α,β-unsaturated/α-hetero) is 2. The fraction of sp³-hybridized carbons (Fsp3) is 0.455. The van der Waals surface area contributed by atoms with Crippen LogP contribution in [-0.4, -0.2) is 38.4 Å². The average Bonchev–Trinajstić information content (AvgIpc) is 2.67. The standard InChI is InChI=1S/C22H25NO5S/c1-13-10-11-14(12-19(13)29(26,27)23(2)3)20-21-15(24)6-4-8-17(21)28-18-9-5-7-16(25)22(18)20/h10-12,20H,4-9H2,1-3H3. The second-order valence-electron chi connectivity index (χ2n) is 8.07. The zero-order chi connectivity index (χ0) is 20.9. The minimum atomic E-state index is -3.65. The van der Waals surface area contributed by atoms with Gasteiger partial charge in [-0.3, -0.25) is 9.59 Å². The second-order valence-corrected chi connectivity index (χ2v) is 10.2. The lowest BCUT2D eigenvalue weighted by molar-refractivity contribution is -0.117. The number of hydrogen-bond acceptors (Lipinski definition) is 5. The van der Waals surface area contributed by atoms with Crippen molar-refractivity contribution in [3.8, 4) is 0 Å². The van der Waals surface area contributed by atoms with Crippen LogP contribution in [0.15, 0.2) is 45.8 Å². The molecule has 0 amide bonds. The molecule has 0 saturated carbocycles. The van der Waals surface area contributed by atoms with Crippen molar-refractivity contribution in [2.24, 2.45) is 0 Å². The number of ketones is 2. The molecule has 1 aliphatic heterocycles. The van der Waals surface area contributed by atoms with Crippen LogP contribution >= 0.6 is 0 Å². The molecule has 1 aromatic rings. The van der Waals surface area contributed by atoms with Gasteiger partial charge in [-0.15, -0.1) is 0 Å². The minimum Gasteiger partial charge on any atom is -0.465 e. The normalized spacial score (nSPS) is 20.7. The fourth-order valence-electron chi connectivity index (χ4n) is 4.42. The summed E-state index contributed by atoms with van der Waals surface area (Å²) >= 11 is 0. The molecule has 0 radical (unpaired) electrons. The molecule has 0 aromatic heterocycles. The SMILES string of the molecule is Cc1ccc(C2C3=C(CCCC3=O)OC3=C2C(=O)CCC3)cc1S(=O)(=O)N(C)C. The number of rotatable bonds is 3. The van der Waals surface area contributed by atoms with E-state index in [1.54, 1.807) is 19.1 Å². The lowest BCUT2D eigenvalue weighted by Gasteiger charge is -2.36. The summed E-state index contributed by atoms with van der Waals surface area (Å²) in [5.41, 5.74) is 2.34. The number of sulfonamides is 1. The molecule has 0 atom stereocenters. The van der Waals surface area contributed by atoms with Crippen LogP contribution in [-0.2, 0) is 24.3 Å². The van der Waals surface area contributed by atoms with Crippen molar-refractivity contribution in [1.82, 2.24) is 4.31 Å². The summed E-state index contributed by atoms with van der Waals surface area (Å²) in [5, 5.41) is 0. The Bertz CT molecular complexity index is 1040. The van der Waals surface area contributed by atoms with E-state index in [0.717, 1.165) is 12.8 Å². The smallest absolute Gasteiger partial charge is 0.242 e. The van der Waals surface area contributed by atoms with E-state index in [0.29, 0.717) is 59.5 Å². The van der Waals surface area contributed by atoms with Gasteiger partial charge < -0.3 is 4.74 Å². The van der Waals surface area contributed by atoms with Gasteiger partial charge in [-0.1, -0.05) is 12.1 Å². The number of nitrogens with zero attached hydrogens (tertiary/aromatic N) is 1. The number of benzene rings is 1. The van der Waals surface area contributed by atoms with Crippen molar-refractivity contribution in [1.29, 1.82) is 0 Å². The van der Waals surface area contributed by atoms with Crippen LogP contribution in [0.25, 0.3) is 0 Å².